The molecule has 0 amide bonds. The number of carbonyl (C=O) groups excluding carboxylic acids is 1. The Kier molecular flexibility index (Phi) is 6.04. The number of fused-ring (bicyclic) bond motifs is 2. The Morgan fingerprint density at radius 2 is 1.87 bits per heavy atom. The maximum absolute atomic E-state index is 13.4. The van der Waals surface area contributed by atoms with Gasteiger partial charge in [-0.1, -0.05) is 12.1 Å². The van der Waals surface area contributed by atoms with Crippen LogP contribution in [0.3, 0.4) is 0 Å². The molecule has 2 N–H and O–H groups in total. The minimum absolute atomic E-state index is 0.0294. The van der Waals surface area contributed by atoms with Crippen molar-refractivity contribution in [2.75, 3.05) is 20.5 Å². The summed E-state index contributed by atoms with van der Waals surface area (Å²) in [7, 11) is 1.47. The normalized spacial score (nSPS) is 17.9. The fourth-order valence-corrected chi connectivity index (χ4v) is 5.11. The molecule has 4 aromatic rings. The summed E-state index contributed by atoms with van der Waals surface area (Å²) < 4.78 is 35.8. The number of methoxy groups -OCH3 is 1. The lowest BCUT2D eigenvalue weighted by Gasteiger charge is -2.26. The zero-order valence-corrected chi connectivity index (χ0v) is 21.2. The molecule has 3 aromatic carbocycles. The van der Waals surface area contributed by atoms with Crippen LogP contribution < -0.4 is 18.9 Å². The van der Waals surface area contributed by atoms with Crippen LogP contribution in [-0.4, -0.2) is 51.4 Å². The number of ether oxygens (including phenoxy) is 5. The molecule has 2 aliphatic rings. The number of rotatable bonds is 8. The van der Waals surface area contributed by atoms with Gasteiger partial charge in [0.15, 0.2) is 18.1 Å². The van der Waals surface area contributed by atoms with Crippen molar-refractivity contribution in [2.45, 2.75) is 12.2 Å². The average molecular weight is 549 g/mol. The molecule has 1 unspecified atom stereocenters. The van der Waals surface area contributed by atoms with Crippen LogP contribution >= 0.6 is 11.7 Å². The molecule has 39 heavy (non-hydrogen) atoms. The fourth-order valence-electron chi connectivity index (χ4n) is 4.59. The summed E-state index contributed by atoms with van der Waals surface area (Å²) in [5.41, 5.74) is 2.76. The van der Waals surface area contributed by atoms with Gasteiger partial charge in [-0.15, -0.1) is 0 Å². The van der Waals surface area contributed by atoms with Crippen LogP contribution in [0.25, 0.3) is 16.6 Å². The summed E-state index contributed by atoms with van der Waals surface area (Å²) in [4.78, 5) is 24.6. The van der Waals surface area contributed by atoms with Gasteiger partial charge < -0.3 is 33.9 Å². The summed E-state index contributed by atoms with van der Waals surface area (Å²) in [6, 6.07) is 14.8. The van der Waals surface area contributed by atoms with Crippen molar-refractivity contribution < 1.29 is 43.5 Å². The lowest BCUT2D eigenvalue weighted by Crippen LogP contribution is -2.30. The first-order valence-corrected chi connectivity index (χ1v) is 12.4. The van der Waals surface area contributed by atoms with Crippen LogP contribution in [0.5, 0.6) is 23.0 Å². The summed E-state index contributed by atoms with van der Waals surface area (Å²) in [5.74, 6) is -2.43. The van der Waals surface area contributed by atoms with Gasteiger partial charge in [-0.3, -0.25) is 0 Å². The topological polar surface area (TPSA) is 147 Å². The Balaban J connectivity index is 1.52. The molecule has 12 heteroatoms. The SMILES string of the molecule is COc1ccc(CC2=C(c3ccc4c(c3)OCO4)C(=O)OC2(O)c2ccc3nsnc3c2)c(OCC(=O)O)c1. The first kappa shape index (κ1) is 24.6. The number of hydrogen-bond donors (Lipinski definition) is 2. The highest BCUT2D eigenvalue weighted by Gasteiger charge is 2.48. The Labute approximate surface area is 225 Å². The summed E-state index contributed by atoms with van der Waals surface area (Å²) in [6.45, 7) is -0.543. The molecule has 6 rings (SSSR count). The van der Waals surface area contributed by atoms with E-state index in [-0.39, 0.29) is 35.7 Å². The highest BCUT2D eigenvalue weighted by molar-refractivity contribution is 7.00. The molecule has 2 aliphatic heterocycles. The van der Waals surface area contributed by atoms with Gasteiger partial charge in [0.25, 0.3) is 5.79 Å². The molecule has 0 bridgehead atoms. The van der Waals surface area contributed by atoms with Crippen LogP contribution in [0.4, 0.5) is 0 Å². The van der Waals surface area contributed by atoms with Crippen LogP contribution in [0.15, 0.2) is 60.2 Å². The number of aliphatic carboxylic acids is 1. The second-order valence-corrected chi connectivity index (χ2v) is 9.28. The van der Waals surface area contributed by atoms with Crippen LogP contribution in [0.2, 0.25) is 0 Å². The van der Waals surface area contributed by atoms with Gasteiger partial charge in [0.1, 0.15) is 22.5 Å². The fraction of sp³-hybridized carbons (Fsp3) is 0.185. The van der Waals surface area contributed by atoms with Crippen molar-refractivity contribution in [3.8, 4) is 23.0 Å². The molecule has 0 aliphatic carbocycles. The number of aliphatic hydroxyl groups is 1. The zero-order valence-electron chi connectivity index (χ0n) is 20.4. The van der Waals surface area contributed by atoms with Crippen molar-refractivity contribution in [1.29, 1.82) is 0 Å². The van der Waals surface area contributed by atoms with E-state index >= 15 is 0 Å². The molecule has 0 radical (unpaired) electrons. The van der Waals surface area contributed by atoms with E-state index < -0.39 is 24.3 Å². The van der Waals surface area contributed by atoms with Crippen molar-refractivity contribution in [3.63, 3.8) is 0 Å². The van der Waals surface area contributed by atoms with E-state index in [1.807, 2.05) is 0 Å². The van der Waals surface area contributed by atoms with Crippen LogP contribution in [0.1, 0.15) is 16.7 Å². The van der Waals surface area contributed by atoms with Gasteiger partial charge in [0.2, 0.25) is 6.79 Å². The highest BCUT2D eigenvalue weighted by atomic mass is 32.1. The average Bonchev–Trinajstić information content (AvgIpc) is 3.65. The van der Waals surface area contributed by atoms with Crippen molar-refractivity contribution in [3.05, 3.63) is 76.9 Å². The van der Waals surface area contributed by atoms with Gasteiger partial charge in [-0.2, -0.15) is 8.75 Å². The third kappa shape index (κ3) is 4.39. The second-order valence-electron chi connectivity index (χ2n) is 8.76. The maximum Gasteiger partial charge on any atom is 0.342 e. The molecule has 0 fully saturated rings. The van der Waals surface area contributed by atoms with Gasteiger partial charge in [0.05, 0.1) is 24.4 Å². The van der Waals surface area contributed by atoms with E-state index in [0.29, 0.717) is 39.4 Å². The first-order valence-electron chi connectivity index (χ1n) is 11.7. The van der Waals surface area contributed by atoms with Crippen LogP contribution in [0, 0.1) is 0 Å². The van der Waals surface area contributed by atoms with E-state index in [2.05, 4.69) is 8.75 Å². The van der Waals surface area contributed by atoms with Gasteiger partial charge in [0, 0.05) is 23.6 Å². The lowest BCUT2D eigenvalue weighted by molar-refractivity contribution is -0.185. The zero-order chi connectivity index (χ0) is 27.1. The van der Waals surface area contributed by atoms with E-state index in [4.69, 9.17) is 23.7 Å². The third-order valence-electron chi connectivity index (χ3n) is 6.45. The Hall–Kier alpha value is -4.68. The largest absolute Gasteiger partial charge is 0.497 e. The van der Waals surface area contributed by atoms with Crippen molar-refractivity contribution in [2.24, 2.45) is 0 Å². The van der Waals surface area contributed by atoms with E-state index in [9.17, 15) is 19.8 Å². The molecule has 11 nitrogen and oxygen atoms in total. The number of carbonyl (C=O) groups is 2. The molecule has 3 heterocycles. The summed E-state index contributed by atoms with van der Waals surface area (Å²) in [5, 5.41) is 21.2. The quantitative estimate of drug-likeness (QED) is 0.313. The first-order chi connectivity index (χ1) is 18.9. The van der Waals surface area contributed by atoms with E-state index in [1.165, 1.54) is 7.11 Å². The summed E-state index contributed by atoms with van der Waals surface area (Å²) in [6.07, 6.45) is -0.0294. The molecule has 0 spiro atoms. The predicted octanol–water partition coefficient (Wildman–Crippen LogP) is 3.29. The smallest absolute Gasteiger partial charge is 0.342 e. The van der Waals surface area contributed by atoms with Gasteiger partial charge in [-0.05, 0) is 47.5 Å². The van der Waals surface area contributed by atoms with Gasteiger partial charge in [-0.25, -0.2) is 9.59 Å². The molecular formula is C27H20N2O9S. The minimum Gasteiger partial charge on any atom is -0.497 e. The summed E-state index contributed by atoms with van der Waals surface area (Å²) >= 11 is 1.03. The monoisotopic (exact) mass is 548 g/mol. The Morgan fingerprint density at radius 1 is 1.05 bits per heavy atom. The number of nitrogens with zero attached hydrogens (tertiary/aromatic N) is 2. The Bertz CT molecular complexity index is 1660. The number of carboxylic acids is 1. The van der Waals surface area contributed by atoms with Crippen molar-refractivity contribution in [1.82, 2.24) is 8.75 Å². The number of benzene rings is 3. The van der Waals surface area contributed by atoms with E-state index in [1.54, 1.807) is 54.6 Å². The number of carboxylic acid groups (broad SMARTS) is 1. The lowest BCUT2D eigenvalue weighted by atomic mass is 9.87. The Morgan fingerprint density at radius 3 is 2.69 bits per heavy atom. The van der Waals surface area contributed by atoms with E-state index in [0.717, 1.165) is 11.7 Å². The minimum atomic E-state index is -2.16. The molecule has 0 saturated carbocycles. The van der Waals surface area contributed by atoms with Crippen LogP contribution in [-0.2, 0) is 26.5 Å². The predicted molar refractivity (Wildman–Crippen MR) is 137 cm³/mol. The molecule has 1 atom stereocenters. The second kappa shape index (κ2) is 9.57. The third-order valence-corrected chi connectivity index (χ3v) is 7.01. The molecule has 1 aromatic heterocycles. The number of esters is 1. The molecule has 0 saturated heterocycles. The molecular weight excluding hydrogens is 528 g/mol. The number of cyclic esters (lactones) is 1. The standard InChI is InChI=1S/C27H20N2O9S/c1-34-17-5-2-14(22(11-17)35-12-24(30)31)8-18-25(15-3-7-21-23(9-15)37-13-36-21)26(32)38-27(18,33)16-4-6-19-20(10-16)29-39-28-19/h2-7,9-11,33H,8,12-13H2,1H3,(H,30,31). The van der Waals surface area contributed by atoms with Gasteiger partial charge >= 0.3 is 11.9 Å². The van der Waals surface area contributed by atoms with Crippen molar-refractivity contribution >= 4 is 40.3 Å². The molecule has 198 valence electrons. The number of aromatic nitrogens is 2. The number of hydrogen-bond acceptors (Lipinski definition) is 11. The highest BCUT2D eigenvalue weighted by Crippen LogP contribution is 2.47. The maximum atomic E-state index is 13.4.